The highest BCUT2D eigenvalue weighted by Gasteiger charge is 2.71. The summed E-state index contributed by atoms with van der Waals surface area (Å²) in [5, 5.41) is 0. The van der Waals surface area contributed by atoms with Gasteiger partial charge in [-0.15, -0.1) is 0 Å². The van der Waals surface area contributed by atoms with Crippen LogP contribution in [0.2, 0.25) is 0 Å². The average molecular weight is 1310 g/mol. The Morgan fingerprint density at radius 2 is 0.689 bits per heavy atom. The summed E-state index contributed by atoms with van der Waals surface area (Å²) in [7, 11) is 0. The fraction of sp³-hybridized carbons (Fsp3) is 1.00. The minimum Gasteiger partial charge on any atom is -0.244 e. The highest BCUT2D eigenvalue weighted by atomic mass is 19.4. The Bertz CT molecular complexity index is 1580. The van der Waals surface area contributed by atoms with Gasteiger partial charge < -0.3 is 0 Å². The quantitative estimate of drug-likeness (QED) is 0.171. The second-order valence-corrected chi connectivity index (χ2v) is 37.4. The van der Waals surface area contributed by atoms with Gasteiger partial charge in [0.1, 0.15) is 17.0 Å². The van der Waals surface area contributed by atoms with Gasteiger partial charge in [-0.25, -0.2) is 13.2 Å². The summed E-state index contributed by atoms with van der Waals surface area (Å²) in [4.78, 5) is 0. The smallest absolute Gasteiger partial charge is 0.244 e. The molecule has 0 amide bonds. The van der Waals surface area contributed by atoms with E-state index in [1.165, 1.54) is 44.9 Å². The van der Waals surface area contributed by atoms with E-state index in [1.54, 1.807) is 27.7 Å². The van der Waals surface area contributed by atoms with Crippen LogP contribution in [0.3, 0.4) is 0 Å². The van der Waals surface area contributed by atoms with E-state index in [4.69, 9.17) is 0 Å². The number of halogens is 9. The lowest BCUT2D eigenvalue weighted by Crippen LogP contribution is -2.53. The zero-order valence-electron chi connectivity index (χ0n) is 69.2. The SMILES string of the molecule is CC(C)(C)C.CC(C)C(C(C)C)C(C)(C)F.CC(C)C(C)(C)C.CC1CCC2(CC1)CCC(C(F)(F)F)(C(F)(F)F)CC2.CCC(C)(C)C.CCC(C)(CC)C(C)(C)C.CCC(C)(F)C(C)C.CCC(C)(F)CC.CCC(CC)C(C)(C)C.CCCC(C)(C)C. The van der Waals surface area contributed by atoms with Gasteiger partial charge in [0.25, 0.3) is 0 Å². The third-order valence-electron chi connectivity index (χ3n) is 20.6. The maximum Gasteiger partial charge on any atom is 0.403 e. The molecule has 1 spiro atoms. The van der Waals surface area contributed by atoms with Crippen molar-refractivity contribution in [1.29, 1.82) is 0 Å². The summed E-state index contributed by atoms with van der Waals surface area (Å²) in [6.07, 6.45) is 2.51. The van der Waals surface area contributed by atoms with E-state index in [2.05, 4.69) is 228 Å². The van der Waals surface area contributed by atoms with Crippen molar-refractivity contribution in [3.05, 3.63) is 0 Å². The second kappa shape index (κ2) is 45.0. The lowest BCUT2D eigenvalue weighted by Gasteiger charge is -2.49. The molecule has 9 heteroatoms. The summed E-state index contributed by atoms with van der Waals surface area (Å²) < 4.78 is 117. The first-order valence-electron chi connectivity index (χ1n) is 36.6. The third kappa shape index (κ3) is 53.5. The maximum absolute atomic E-state index is 13.6. The summed E-state index contributed by atoms with van der Waals surface area (Å²) in [6.45, 7) is 90.0. The van der Waals surface area contributed by atoms with Gasteiger partial charge in [-0.2, -0.15) is 26.3 Å². The van der Waals surface area contributed by atoms with Crippen LogP contribution in [0.4, 0.5) is 39.5 Å². The zero-order chi connectivity index (χ0) is 74.8. The predicted octanol–water partition coefficient (Wildman–Crippen LogP) is 32.2. The van der Waals surface area contributed by atoms with Crippen LogP contribution in [-0.2, 0) is 0 Å². The predicted molar refractivity (Wildman–Crippen MR) is 391 cm³/mol. The van der Waals surface area contributed by atoms with Crippen molar-refractivity contribution in [3.8, 4) is 0 Å². The van der Waals surface area contributed by atoms with Crippen molar-refractivity contribution in [2.45, 2.75) is 436 Å². The summed E-state index contributed by atoms with van der Waals surface area (Å²) in [5.41, 5.74) is -3.08. The molecule has 556 valence electrons. The van der Waals surface area contributed by atoms with Crippen molar-refractivity contribution in [3.63, 3.8) is 0 Å². The van der Waals surface area contributed by atoms with Crippen LogP contribution < -0.4 is 0 Å². The van der Waals surface area contributed by atoms with E-state index in [1.807, 2.05) is 34.6 Å². The molecule has 2 aliphatic rings. The van der Waals surface area contributed by atoms with Crippen molar-refractivity contribution < 1.29 is 39.5 Å². The van der Waals surface area contributed by atoms with Crippen LogP contribution >= 0.6 is 0 Å². The second-order valence-electron chi connectivity index (χ2n) is 37.4. The van der Waals surface area contributed by atoms with Gasteiger partial charge in [-0.3, -0.25) is 0 Å². The molecule has 2 fully saturated rings. The number of hydrogen-bond donors (Lipinski definition) is 0. The molecule has 0 heterocycles. The fourth-order valence-electron chi connectivity index (χ4n) is 10.4. The van der Waals surface area contributed by atoms with Crippen molar-refractivity contribution in [2.75, 3.05) is 0 Å². The maximum atomic E-state index is 13.6. The average Bonchev–Trinajstić information content (AvgIpc) is 3.33. The standard InChI is InChI=1S/C14H20F6.C10H21F.C10H22.C9H20.C7H15F.2C7H16.C6H13F.C6H14.C5H12/c1-10-2-4-11(5-3-10)6-8-12(9-7-11,13(15,16)17)14(18,19)20;1-7(2)9(8(3)4)10(5,6)11;1-7-10(6,8-2)9(3,4)5;1-6-8(7-2)9(3,4)5;1-5-7(4,8)6(2)3;1-6(2)7(3,4)5;1-5-6-7(2,3)4;1-4-6(3,7)5-2;1-5-6(2,3)4;1-5(2,3)4/h10H,2-9H2,1H3;7-9H,1-6H3;7-8H2,1-6H3;8H,6-7H2,1-5H3;6H,5H2,1-4H3;6H,1-5H3;5-6H2,1-4H3;4-5H2,1-3H3;5H2,1-4H3;1-4H3. The molecule has 0 aromatic carbocycles. The van der Waals surface area contributed by atoms with E-state index < -0.39 is 47.6 Å². The molecule has 1 atom stereocenters. The molecule has 0 saturated heterocycles. The van der Waals surface area contributed by atoms with Crippen molar-refractivity contribution >= 4 is 0 Å². The summed E-state index contributed by atoms with van der Waals surface area (Å²) in [6, 6.07) is 0. The van der Waals surface area contributed by atoms with E-state index in [9.17, 15) is 39.5 Å². The van der Waals surface area contributed by atoms with Crippen molar-refractivity contribution in [1.82, 2.24) is 0 Å². The van der Waals surface area contributed by atoms with E-state index in [0.717, 1.165) is 37.5 Å². The normalized spacial score (nSPS) is 16.6. The van der Waals surface area contributed by atoms with E-state index in [-0.39, 0.29) is 30.1 Å². The zero-order valence-corrected chi connectivity index (χ0v) is 69.2. The molecule has 2 saturated carbocycles. The highest BCUT2D eigenvalue weighted by molar-refractivity contribution is 5.01. The number of hydrogen-bond acceptors (Lipinski definition) is 0. The largest absolute Gasteiger partial charge is 0.403 e. The van der Waals surface area contributed by atoms with Gasteiger partial charge in [0.15, 0.2) is 5.41 Å². The van der Waals surface area contributed by atoms with Gasteiger partial charge in [-0.05, 0) is 177 Å². The Morgan fingerprint density at radius 3 is 0.767 bits per heavy atom. The molecule has 0 nitrogen and oxygen atoms in total. The molecule has 2 rings (SSSR count). The van der Waals surface area contributed by atoms with Crippen LogP contribution in [0.5, 0.6) is 0 Å². The number of alkyl halides is 9. The van der Waals surface area contributed by atoms with Gasteiger partial charge >= 0.3 is 12.4 Å². The van der Waals surface area contributed by atoms with Gasteiger partial charge in [0.2, 0.25) is 0 Å². The molecule has 0 N–H and O–H groups in total. The minimum absolute atomic E-state index is 0.0543. The first kappa shape index (κ1) is 105. The lowest BCUT2D eigenvalue weighted by atomic mass is 9.57. The molecule has 0 bridgehead atoms. The van der Waals surface area contributed by atoms with Crippen LogP contribution in [0.1, 0.15) is 406 Å². The Kier molecular flexibility index (Phi) is 52.8. The molecular formula is C81H169F9. The number of rotatable bonds is 12. The molecule has 2 aliphatic carbocycles. The molecule has 0 aromatic heterocycles. The Hall–Kier alpha value is -0.630. The molecule has 1 unspecified atom stereocenters. The van der Waals surface area contributed by atoms with Gasteiger partial charge in [-0.1, -0.05) is 314 Å². The van der Waals surface area contributed by atoms with E-state index >= 15 is 0 Å². The monoisotopic (exact) mass is 1310 g/mol. The molecule has 0 aliphatic heterocycles. The Labute approximate surface area is 562 Å². The van der Waals surface area contributed by atoms with Crippen LogP contribution in [-0.4, -0.2) is 29.4 Å². The molecular weight excluding hydrogens is 1140 g/mol. The minimum atomic E-state index is -5.20. The Morgan fingerprint density at radius 1 is 0.389 bits per heavy atom. The van der Waals surface area contributed by atoms with Crippen molar-refractivity contribution in [2.24, 2.45) is 90.2 Å². The van der Waals surface area contributed by atoms with Gasteiger partial charge in [0, 0.05) is 0 Å². The topological polar surface area (TPSA) is 0 Å². The third-order valence-corrected chi connectivity index (χ3v) is 20.6. The van der Waals surface area contributed by atoms with Gasteiger partial charge in [0.05, 0.1) is 0 Å². The lowest BCUT2D eigenvalue weighted by molar-refractivity contribution is -0.354. The van der Waals surface area contributed by atoms with Crippen LogP contribution in [0.15, 0.2) is 0 Å². The highest BCUT2D eigenvalue weighted by Crippen LogP contribution is 2.63. The van der Waals surface area contributed by atoms with E-state index in [0.29, 0.717) is 74.9 Å². The first-order valence-corrected chi connectivity index (χ1v) is 36.6. The summed E-state index contributed by atoms with van der Waals surface area (Å²) in [5.74, 6) is 3.41. The summed E-state index contributed by atoms with van der Waals surface area (Å²) >= 11 is 0. The first-order chi connectivity index (χ1) is 39.4. The Balaban J connectivity index is -0.000000143. The molecule has 90 heavy (non-hydrogen) atoms. The van der Waals surface area contributed by atoms with Crippen LogP contribution in [0.25, 0.3) is 0 Å². The van der Waals surface area contributed by atoms with Crippen LogP contribution in [0, 0.1) is 90.2 Å². The molecule has 0 radical (unpaired) electrons. The molecule has 0 aromatic rings. The fourth-order valence-corrected chi connectivity index (χ4v) is 10.4.